The Morgan fingerprint density at radius 2 is 1.78 bits per heavy atom. The number of fused-ring (bicyclic) bond motifs is 1. The molecule has 0 aliphatic heterocycles. The van der Waals surface area contributed by atoms with Crippen LogP contribution in [0.15, 0.2) is 78.9 Å². The van der Waals surface area contributed by atoms with E-state index < -0.39 is 0 Å². The van der Waals surface area contributed by atoms with Crippen LogP contribution < -0.4 is 10.1 Å². The number of benzene rings is 3. The first-order valence-corrected chi connectivity index (χ1v) is 8.82. The lowest BCUT2D eigenvalue weighted by Gasteiger charge is -2.07. The summed E-state index contributed by atoms with van der Waals surface area (Å²) in [6.07, 6.45) is 0.307. The predicted molar refractivity (Wildman–Crippen MR) is 109 cm³/mol. The molecule has 0 spiro atoms. The summed E-state index contributed by atoms with van der Waals surface area (Å²) in [6, 6.07) is 25.7. The molecule has 1 amide bonds. The number of methoxy groups -OCH3 is 1. The van der Waals surface area contributed by atoms with Crippen molar-refractivity contribution in [2.24, 2.45) is 0 Å². The lowest BCUT2D eigenvalue weighted by atomic mass is 10.1. The van der Waals surface area contributed by atoms with Crippen LogP contribution in [-0.2, 0) is 11.2 Å². The molecule has 0 aliphatic carbocycles. The molecular weight excluding hydrogens is 336 g/mol. The van der Waals surface area contributed by atoms with Crippen LogP contribution >= 0.6 is 0 Å². The van der Waals surface area contributed by atoms with Gasteiger partial charge in [0.1, 0.15) is 5.75 Å². The fourth-order valence-corrected chi connectivity index (χ4v) is 3.14. The summed E-state index contributed by atoms with van der Waals surface area (Å²) in [4.78, 5) is 15.7. The molecule has 0 bridgehead atoms. The number of nitrogens with one attached hydrogen (secondary N) is 2. The third kappa shape index (κ3) is 3.85. The summed E-state index contributed by atoms with van der Waals surface area (Å²) in [5, 5.41) is 4.13. The SMILES string of the molecule is COc1cccc(CC(=O)Nc2ccc(-c3cc4ccccc4[nH]3)cc2)c1. The van der Waals surface area contributed by atoms with Gasteiger partial charge in [-0.15, -0.1) is 0 Å². The van der Waals surface area contributed by atoms with Crippen LogP contribution in [0.1, 0.15) is 5.56 Å². The Kier molecular flexibility index (Phi) is 4.62. The van der Waals surface area contributed by atoms with Crippen LogP contribution in [0.25, 0.3) is 22.2 Å². The second-order valence-electron chi connectivity index (χ2n) is 6.42. The van der Waals surface area contributed by atoms with Crippen LogP contribution in [0.2, 0.25) is 0 Å². The van der Waals surface area contributed by atoms with E-state index in [4.69, 9.17) is 4.74 Å². The van der Waals surface area contributed by atoms with Crippen molar-refractivity contribution in [2.45, 2.75) is 6.42 Å². The average molecular weight is 356 g/mol. The molecule has 134 valence electrons. The zero-order valence-corrected chi connectivity index (χ0v) is 15.0. The second-order valence-corrected chi connectivity index (χ2v) is 6.42. The van der Waals surface area contributed by atoms with Crippen molar-refractivity contribution in [3.63, 3.8) is 0 Å². The molecule has 1 heterocycles. The largest absolute Gasteiger partial charge is 0.497 e. The van der Waals surface area contributed by atoms with Crippen LogP contribution in [0.5, 0.6) is 5.75 Å². The summed E-state index contributed by atoms with van der Waals surface area (Å²) in [7, 11) is 1.62. The molecule has 4 aromatic rings. The average Bonchev–Trinajstić information content (AvgIpc) is 3.13. The molecule has 0 aliphatic rings. The Labute approximate surface area is 157 Å². The Morgan fingerprint density at radius 3 is 2.56 bits per heavy atom. The third-order valence-electron chi connectivity index (χ3n) is 4.51. The van der Waals surface area contributed by atoms with Crippen molar-refractivity contribution in [2.75, 3.05) is 12.4 Å². The number of ether oxygens (including phenoxy) is 1. The lowest BCUT2D eigenvalue weighted by molar-refractivity contribution is -0.115. The molecular formula is C23H20N2O2. The predicted octanol–water partition coefficient (Wildman–Crippen LogP) is 5.02. The van der Waals surface area contributed by atoms with Crippen molar-refractivity contribution in [1.82, 2.24) is 4.98 Å². The van der Waals surface area contributed by atoms with Crippen molar-refractivity contribution >= 4 is 22.5 Å². The van der Waals surface area contributed by atoms with Crippen molar-refractivity contribution in [3.8, 4) is 17.0 Å². The Balaban J connectivity index is 1.44. The highest BCUT2D eigenvalue weighted by atomic mass is 16.5. The number of anilines is 1. The van der Waals surface area contributed by atoms with Gasteiger partial charge in [0.2, 0.25) is 5.91 Å². The topological polar surface area (TPSA) is 54.1 Å². The maximum Gasteiger partial charge on any atom is 0.228 e. The summed E-state index contributed by atoms with van der Waals surface area (Å²) in [5.74, 6) is 0.699. The smallest absolute Gasteiger partial charge is 0.228 e. The van der Waals surface area contributed by atoms with E-state index in [9.17, 15) is 4.79 Å². The third-order valence-corrected chi connectivity index (χ3v) is 4.51. The zero-order chi connectivity index (χ0) is 18.6. The van der Waals surface area contributed by atoms with Gasteiger partial charge in [0, 0.05) is 22.3 Å². The number of hydrogen-bond donors (Lipinski definition) is 2. The van der Waals surface area contributed by atoms with E-state index >= 15 is 0 Å². The zero-order valence-electron chi connectivity index (χ0n) is 15.0. The first-order chi connectivity index (χ1) is 13.2. The first-order valence-electron chi connectivity index (χ1n) is 8.82. The number of para-hydroxylation sites is 1. The maximum absolute atomic E-state index is 12.3. The van der Waals surface area contributed by atoms with E-state index in [2.05, 4.69) is 28.5 Å². The minimum absolute atomic E-state index is 0.0541. The van der Waals surface area contributed by atoms with E-state index in [0.717, 1.165) is 33.8 Å². The van der Waals surface area contributed by atoms with Crippen LogP contribution in [0.4, 0.5) is 5.69 Å². The molecule has 0 saturated carbocycles. The van der Waals surface area contributed by atoms with Crippen molar-refractivity contribution in [3.05, 3.63) is 84.4 Å². The number of aromatic amines is 1. The Hall–Kier alpha value is -3.53. The fraction of sp³-hybridized carbons (Fsp3) is 0.0870. The van der Waals surface area contributed by atoms with Gasteiger partial charge >= 0.3 is 0 Å². The fourth-order valence-electron chi connectivity index (χ4n) is 3.14. The number of H-pyrrole nitrogens is 1. The van der Waals surface area contributed by atoms with Crippen LogP contribution in [0.3, 0.4) is 0 Å². The summed E-state index contributed by atoms with van der Waals surface area (Å²) >= 11 is 0. The number of rotatable bonds is 5. The second kappa shape index (κ2) is 7.38. The number of amides is 1. The van der Waals surface area contributed by atoms with E-state index in [1.807, 2.05) is 60.7 Å². The molecule has 2 N–H and O–H groups in total. The minimum Gasteiger partial charge on any atom is -0.497 e. The van der Waals surface area contributed by atoms with Gasteiger partial charge in [-0.3, -0.25) is 4.79 Å². The highest BCUT2D eigenvalue weighted by molar-refractivity contribution is 5.92. The number of carbonyl (C=O) groups excluding carboxylic acids is 1. The first kappa shape index (κ1) is 16.9. The van der Waals surface area contributed by atoms with Gasteiger partial charge in [-0.25, -0.2) is 0 Å². The maximum atomic E-state index is 12.3. The van der Waals surface area contributed by atoms with Crippen molar-refractivity contribution in [1.29, 1.82) is 0 Å². The minimum atomic E-state index is -0.0541. The van der Waals surface area contributed by atoms with E-state index in [1.165, 1.54) is 5.39 Å². The van der Waals surface area contributed by atoms with Crippen LogP contribution in [0, 0.1) is 0 Å². The molecule has 4 heteroatoms. The number of hydrogen-bond acceptors (Lipinski definition) is 2. The molecule has 0 radical (unpaired) electrons. The summed E-state index contributed by atoms with van der Waals surface area (Å²) in [5.41, 5.74) is 4.95. The molecule has 0 atom stereocenters. The van der Waals surface area contributed by atoms with Crippen molar-refractivity contribution < 1.29 is 9.53 Å². The molecule has 27 heavy (non-hydrogen) atoms. The Morgan fingerprint density at radius 1 is 0.963 bits per heavy atom. The standard InChI is InChI=1S/C23H20N2O2/c1-27-20-7-4-5-16(13-20)14-23(26)24-19-11-9-17(10-12-19)22-15-18-6-2-3-8-21(18)25-22/h2-13,15,25H,14H2,1H3,(H,24,26). The van der Waals surface area contributed by atoms with Gasteiger partial charge in [0.05, 0.1) is 13.5 Å². The van der Waals surface area contributed by atoms with E-state index in [-0.39, 0.29) is 5.91 Å². The Bertz CT molecular complexity index is 1050. The van der Waals surface area contributed by atoms with Gasteiger partial charge in [0.15, 0.2) is 0 Å². The molecule has 0 unspecified atom stereocenters. The number of aromatic nitrogens is 1. The highest BCUT2D eigenvalue weighted by Gasteiger charge is 2.07. The molecule has 1 aromatic heterocycles. The number of carbonyl (C=O) groups is 1. The van der Waals surface area contributed by atoms with E-state index in [1.54, 1.807) is 7.11 Å². The monoisotopic (exact) mass is 356 g/mol. The molecule has 4 rings (SSSR count). The molecule has 0 saturated heterocycles. The normalized spacial score (nSPS) is 10.7. The van der Waals surface area contributed by atoms with Gasteiger partial charge in [-0.2, -0.15) is 0 Å². The summed E-state index contributed by atoms with van der Waals surface area (Å²) in [6.45, 7) is 0. The van der Waals surface area contributed by atoms with Gasteiger partial charge in [-0.05, 0) is 47.5 Å². The highest BCUT2D eigenvalue weighted by Crippen LogP contribution is 2.25. The molecule has 3 aromatic carbocycles. The molecule has 0 fully saturated rings. The molecule has 4 nitrogen and oxygen atoms in total. The van der Waals surface area contributed by atoms with E-state index in [0.29, 0.717) is 6.42 Å². The lowest BCUT2D eigenvalue weighted by Crippen LogP contribution is -2.14. The quantitative estimate of drug-likeness (QED) is 0.527. The van der Waals surface area contributed by atoms with Crippen LogP contribution in [-0.4, -0.2) is 18.0 Å². The van der Waals surface area contributed by atoms with Gasteiger partial charge in [0.25, 0.3) is 0 Å². The van der Waals surface area contributed by atoms with Gasteiger partial charge < -0.3 is 15.0 Å². The van der Waals surface area contributed by atoms with Gasteiger partial charge in [-0.1, -0.05) is 42.5 Å². The summed E-state index contributed by atoms with van der Waals surface area (Å²) < 4.78 is 5.20.